The van der Waals surface area contributed by atoms with Crippen molar-refractivity contribution in [3.8, 4) is 0 Å². The molecule has 1 fully saturated rings. The first-order valence-corrected chi connectivity index (χ1v) is 19.3. The number of morpholine rings is 1. The van der Waals surface area contributed by atoms with Crippen molar-refractivity contribution in [3.05, 3.63) is 113 Å². The summed E-state index contributed by atoms with van der Waals surface area (Å²) in [6.45, 7) is 12.7. The Morgan fingerprint density at radius 2 is 1.48 bits per heavy atom. The lowest BCUT2D eigenvalue weighted by atomic mass is 10.00. The molecule has 52 heavy (non-hydrogen) atoms. The van der Waals surface area contributed by atoms with Crippen molar-refractivity contribution in [1.29, 1.82) is 0 Å². The first kappa shape index (κ1) is 38.7. The van der Waals surface area contributed by atoms with Crippen LogP contribution < -0.4 is 10.0 Å². The lowest BCUT2D eigenvalue weighted by Gasteiger charge is -2.33. The van der Waals surface area contributed by atoms with Gasteiger partial charge in [-0.15, -0.1) is 0 Å². The number of nitrogens with zero attached hydrogens (tertiary/aromatic N) is 3. The van der Waals surface area contributed by atoms with E-state index in [0.29, 0.717) is 26.3 Å². The summed E-state index contributed by atoms with van der Waals surface area (Å²) in [5.74, 6) is 0. The first-order valence-electron chi connectivity index (χ1n) is 17.8. The Balaban J connectivity index is 1.22. The molecule has 1 heterocycles. The highest BCUT2D eigenvalue weighted by Gasteiger charge is 2.26. The van der Waals surface area contributed by atoms with Crippen molar-refractivity contribution in [2.75, 3.05) is 39.4 Å². The van der Waals surface area contributed by atoms with Crippen molar-refractivity contribution >= 4 is 32.9 Å². The maximum atomic E-state index is 13.8. The highest BCUT2D eigenvalue weighted by molar-refractivity contribution is 7.89. The minimum absolute atomic E-state index is 0.0816. The predicted octanol–water partition coefficient (Wildman–Crippen LogP) is 6.59. The summed E-state index contributed by atoms with van der Waals surface area (Å²) in [4.78, 5) is 31.1. The van der Waals surface area contributed by atoms with Crippen LogP contribution in [0.15, 0.2) is 95.9 Å². The monoisotopic (exact) mass is 729 g/mol. The third kappa shape index (κ3) is 10.5. The fraction of sp³-hybridized carbons (Fsp3) is 0.400. The second-order valence-corrected chi connectivity index (χ2v) is 16.1. The van der Waals surface area contributed by atoms with E-state index in [0.717, 1.165) is 59.1 Å². The minimum Gasteiger partial charge on any atom is -0.465 e. The summed E-state index contributed by atoms with van der Waals surface area (Å²) >= 11 is 0. The van der Waals surface area contributed by atoms with Gasteiger partial charge in [-0.3, -0.25) is 9.80 Å². The Morgan fingerprint density at radius 1 is 0.865 bits per heavy atom. The number of sulfonamides is 1. The number of nitrogens with one attached hydrogen (secondary N) is 2. The number of hydrogen-bond acceptors (Lipinski definition) is 6. The molecule has 1 aliphatic rings. The molecule has 3 amide bonds. The molecule has 5 rings (SSSR count). The summed E-state index contributed by atoms with van der Waals surface area (Å²) in [6.07, 6.45) is -0.205. The van der Waals surface area contributed by atoms with Crippen LogP contribution in [0.4, 0.5) is 9.59 Å². The van der Waals surface area contributed by atoms with E-state index in [2.05, 4.69) is 33.1 Å². The Hall–Kier alpha value is -4.49. The van der Waals surface area contributed by atoms with Crippen LogP contribution in [0, 0.1) is 0 Å². The number of amides is 3. The second-order valence-electron chi connectivity index (χ2n) is 14.3. The zero-order valence-electron chi connectivity index (χ0n) is 30.5. The van der Waals surface area contributed by atoms with Gasteiger partial charge in [-0.2, -0.15) is 0 Å². The zero-order chi connectivity index (χ0) is 37.3. The molecule has 4 aromatic rings. The van der Waals surface area contributed by atoms with E-state index < -0.39 is 21.7 Å². The predicted molar refractivity (Wildman–Crippen MR) is 203 cm³/mol. The molecule has 0 aliphatic carbocycles. The highest BCUT2D eigenvalue weighted by Crippen LogP contribution is 2.25. The van der Waals surface area contributed by atoms with Gasteiger partial charge in [-0.05, 0) is 79.3 Å². The van der Waals surface area contributed by atoms with Crippen molar-refractivity contribution in [2.45, 2.75) is 70.2 Å². The number of carboxylic acid groups (broad SMARTS) is 1. The molecule has 4 aromatic carbocycles. The summed E-state index contributed by atoms with van der Waals surface area (Å²) in [5, 5.41) is 15.0. The third-order valence-electron chi connectivity index (χ3n) is 9.40. The number of benzene rings is 4. The molecule has 0 saturated carbocycles. The van der Waals surface area contributed by atoms with Gasteiger partial charge in [-0.25, -0.2) is 22.7 Å². The Kier molecular flexibility index (Phi) is 12.9. The molecule has 278 valence electrons. The molecule has 0 radical (unpaired) electrons. The number of fused-ring (bicyclic) bond motifs is 1. The maximum Gasteiger partial charge on any atom is 0.408 e. The van der Waals surface area contributed by atoms with Crippen molar-refractivity contribution in [1.82, 2.24) is 24.7 Å². The average molecular weight is 730 g/mol. The van der Waals surface area contributed by atoms with Crippen molar-refractivity contribution < 1.29 is 27.9 Å². The Bertz CT molecular complexity index is 1900. The van der Waals surface area contributed by atoms with Gasteiger partial charge >= 0.3 is 12.1 Å². The van der Waals surface area contributed by atoms with Crippen LogP contribution in [-0.4, -0.2) is 85.3 Å². The van der Waals surface area contributed by atoms with Gasteiger partial charge in [0.25, 0.3) is 0 Å². The lowest BCUT2D eigenvalue weighted by molar-refractivity contribution is 0.0364. The van der Waals surface area contributed by atoms with E-state index in [9.17, 15) is 23.1 Å². The third-order valence-corrected chi connectivity index (χ3v) is 10.8. The molecule has 1 atom stereocenters. The molecule has 0 unspecified atom stereocenters. The summed E-state index contributed by atoms with van der Waals surface area (Å²) in [5.41, 5.74) is 2.87. The molecule has 3 N–H and O–H groups in total. The van der Waals surface area contributed by atoms with Crippen molar-refractivity contribution in [2.24, 2.45) is 0 Å². The number of rotatable bonds is 14. The quantitative estimate of drug-likeness (QED) is 0.134. The van der Waals surface area contributed by atoms with Crippen LogP contribution >= 0.6 is 0 Å². The van der Waals surface area contributed by atoms with Crippen LogP contribution in [0.2, 0.25) is 0 Å². The minimum atomic E-state index is -3.82. The van der Waals surface area contributed by atoms with E-state index in [1.54, 1.807) is 41.3 Å². The van der Waals surface area contributed by atoms with Crippen LogP contribution in [0.1, 0.15) is 62.4 Å². The van der Waals surface area contributed by atoms with Crippen LogP contribution in [-0.2, 0) is 34.4 Å². The topological polar surface area (TPSA) is 132 Å². The van der Waals surface area contributed by atoms with Gasteiger partial charge in [0.05, 0.1) is 24.2 Å². The normalized spacial score (nSPS) is 14.5. The Labute approximate surface area is 307 Å². The van der Waals surface area contributed by atoms with Gasteiger partial charge in [-0.1, -0.05) is 78.9 Å². The summed E-state index contributed by atoms with van der Waals surface area (Å²) < 4.78 is 34.6. The number of carbonyl (C=O) groups excluding carboxylic acids is 1. The number of urea groups is 1. The zero-order valence-corrected chi connectivity index (χ0v) is 31.4. The molecule has 11 nitrogen and oxygen atoms in total. The molecule has 0 bridgehead atoms. The SMILES string of the molecule is C[C@H](NC(=O)N(CCCN1CCOCC1)Cc1ccc(S(=O)(=O)NCc2ccc(CN(C(=O)O)C(C)(C)C)cc2)cc1)c1cccc2ccccc12. The van der Waals surface area contributed by atoms with Gasteiger partial charge in [0, 0.05) is 51.4 Å². The van der Waals surface area contributed by atoms with E-state index in [1.807, 2.05) is 64.1 Å². The largest absolute Gasteiger partial charge is 0.465 e. The molecule has 1 aliphatic heterocycles. The van der Waals surface area contributed by atoms with E-state index in [-0.39, 0.29) is 30.1 Å². The van der Waals surface area contributed by atoms with Crippen LogP contribution in [0.5, 0.6) is 0 Å². The smallest absolute Gasteiger partial charge is 0.408 e. The summed E-state index contributed by atoms with van der Waals surface area (Å²) in [6, 6.07) is 27.7. The van der Waals surface area contributed by atoms with E-state index in [1.165, 1.54) is 4.90 Å². The maximum absolute atomic E-state index is 13.8. The van der Waals surface area contributed by atoms with E-state index >= 15 is 0 Å². The first-order chi connectivity index (χ1) is 24.8. The molecular weight excluding hydrogens is 679 g/mol. The fourth-order valence-corrected chi connectivity index (χ4v) is 7.36. The molecule has 1 saturated heterocycles. The van der Waals surface area contributed by atoms with Crippen molar-refractivity contribution in [3.63, 3.8) is 0 Å². The second kappa shape index (κ2) is 17.4. The average Bonchev–Trinajstić information content (AvgIpc) is 3.12. The van der Waals surface area contributed by atoms with Gasteiger partial charge in [0.2, 0.25) is 10.0 Å². The number of carbonyl (C=O) groups is 2. The van der Waals surface area contributed by atoms with E-state index in [4.69, 9.17) is 4.74 Å². The van der Waals surface area contributed by atoms with Gasteiger partial charge < -0.3 is 20.1 Å². The summed E-state index contributed by atoms with van der Waals surface area (Å²) in [7, 11) is -3.82. The van der Waals surface area contributed by atoms with Gasteiger partial charge in [0.1, 0.15) is 0 Å². The lowest BCUT2D eigenvalue weighted by Crippen LogP contribution is -2.44. The van der Waals surface area contributed by atoms with Crippen LogP contribution in [0.3, 0.4) is 0 Å². The molecule has 0 spiro atoms. The fourth-order valence-electron chi connectivity index (χ4n) is 6.34. The highest BCUT2D eigenvalue weighted by atomic mass is 32.2. The molecular formula is C40H51N5O6S. The standard InChI is InChI=1S/C40H51N5O6S/c1-30(36-12-7-10-34-9-5-6-11-37(34)36)42-38(46)44(22-8-21-43-23-25-51-26-24-43)28-32-17-19-35(20-18-32)52(49,50)41-27-31-13-15-33(16-14-31)29-45(39(47)48)40(2,3)4/h5-7,9-20,30,41H,8,21-29H2,1-4H3,(H,42,46)(H,47,48)/t30-/m0/s1. The van der Waals surface area contributed by atoms with Crippen LogP contribution in [0.25, 0.3) is 10.8 Å². The Morgan fingerprint density at radius 3 is 2.15 bits per heavy atom. The molecule has 12 heteroatoms. The number of hydrogen-bond donors (Lipinski definition) is 3. The van der Waals surface area contributed by atoms with Gasteiger partial charge in [0.15, 0.2) is 0 Å². The number of ether oxygens (including phenoxy) is 1. The molecule has 0 aromatic heterocycles.